The Morgan fingerprint density at radius 3 is 1.56 bits per heavy atom. The van der Waals surface area contributed by atoms with Crippen LogP contribution in [0.2, 0.25) is 0 Å². The zero-order valence-electron chi connectivity index (χ0n) is 27.2. The van der Waals surface area contributed by atoms with Gasteiger partial charge in [-0.05, 0) is 12.8 Å². The predicted molar refractivity (Wildman–Crippen MR) is 162 cm³/mol. The van der Waals surface area contributed by atoms with Crippen molar-refractivity contribution in [2.24, 2.45) is 0 Å². The lowest BCUT2D eigenvalue weighted by molar-refractivity contribution is -0.889. The first-order valence-electron chi connectivity index (χ1n) is 16.6. The maximum absolute atomic E-state index is 12.5. The van der Waals surface area contributed by atoms with Gasteiger partial charge in [0.05, 0.1) is 40.3 Å². The second kappa shape index (κ2) is 26.0. The van der Waals surface area contributed by atoms with E-state index in [9.17, 15) is 19.5 Å². The van der Waals surface area contributed by atoms with Gasteiger partial charge in [0.15, 0.2) is 6.10 Å². The first-order chi connectivity index (χ1) is 19.6. The van der Waals surface area contributed by atoms with Gasteiger partial charge >= 0.3 is 11.9 Å². The van der Waals surface area contributed by atoms with Crippen LogP contribution in [0.1, 0.15) is 142 Å². The van der Waals surface area contributed by atoms with Gasteiger partial charge in [0.25, 0.3) is 0 Å². The van der Waals surface area contributed by atoms with Gasteiger partial charge in [0.1, 0.15) is 12.6 Å². The Balaban J connectivity index is 4.18. The van der Waals surface area contributed by atoms with Crippen LogP contribution in [0, 0.1) is 0 Å². The van der Waals surface area contributed by atoms with Gasteiger partial charge in [0.2, 0.25) is 0 Å². The summed E-state index contributed by atoms with van der Waals surface area (Å²) in [6, 6.07) is -0.715. The first-order valence-corrected chi connectivity index (χ1v) is 16.6. The molecule has 0 saturated heterocycles. The number of likely N-dealkylation sites (N-methyl/N-ethyl adjacent to an activating group) is 1. The Morgan fingerprint density at radius 1 is 0.634 bits per heavy atom. The molecule has 0 aromatic carbocycles. The van der Waals surface area contributed by atoms with Crippen molar-refractivity contribution in [1.29, 1.82) is 0 Å². The summed E-state index contributed by atoms with van der Waals surface area (Å²) in [6.07, 6.45) is 20.8. The minimum Gasteiger partial charge on any atom is -0.544 e. The van der Waals surface area contributed by atoms with Crippen LogP contribution in [0.3, 0.4) is 0 Å². The summed E-state index contributed by atoms with van der Waals surface area (Å²) in [5, 5.41) is 11.5. The number of rotatable bonds is 29. The second-order valence-electron chi connectivity index (χ2n) is 12.4. The molecule has 41 heavy (non-hydrogen) atoms. The summed E-state index contributed by atoms with van der Waals surface area (Å²) in [7, 11) is 5.37. The molecule has 0 aliphatic rings. The van der Waals surface area contributed by atoms with Crippen molar-refractivity contribution >= 4 is 17.9 Å². The van der Waals surface area contributed by atoms with Crippen LogP contribution >= 0.6 is 0 Å². The van der Waals surface area contributed by atoms with E-state index in [1.807, 2.05) is 6.92 Å². The van der Waals surface area contributed by atoms with Crippen LogP contribution in [-0.2, 0) is 28.6 Å². The molecule has 0 amide bonds. The van der Waals surface area contributed by atoms with Gasteiger partial charge in [-0.2, -0.15) is 0 Å². The normalized spacial score (nSPS) is 13.1. The average molecular weight is 586 g/mol. The van der Waals surface area contributed by atoms with Crippen molar-refractivity contribution in [3.8, 4) is 0 Å². The van der Waals surface area contributed by atoms with E-state index in [0.717, 1.165) is 32.1 Å². The molecule has 0 aromatic rings. The van der Waals surface area contributed by atoms with E-state index in [1.54, 1.807) is 21.1 Å². The lowest BCUT2D eigenvalue weighted by Crippen LogP contribution is -2.55. The number of carboxylic acids is 1. The van der Waals surface area contributed by atoms with Gasteiger partial charge in [-0.1, -0.05) is 110 Å². The van der Waals surface area contributed by atoms with Crippen LogP contribution < -0.4 is 5.11 Å². The maximum atomic E-state index is 12.5. The highest BCUT2D eigenvalue weighted by atomic mass is 16.6. The number of esters is 2. The van der Waals surface area contributed by atoms with Crippen molar-refractivity contribution < 1.29 is 38.2 Å². The summed E-state index contributed by atoms with van der Waals surface area (Å²) in [4.78, 5) is 35.9. The predicted octanol–water partition coefficient (Wildman–Crippen LogP) is 6.12. The van der Waals surface area contributed by atoms with Crippen LogP contribution in [-0.4, -0.2) is 75.5 Å². The number of carbonyl (C=O) groups is 3. The fraction of sp³-hybridized carbons (Fsp3) is 0.909. The van der Waals surface area contributed by atoms with E-state index in [4.69, 9.17) is 14.2 Å². The standard InChI is InChI=1S/C33H63NO7/c1-6-8-10-11-12-13-14-15-16-17-18-19-20-21-22-24-32(36)41-29(28-40-31(35)23-9-7-2)27-39-26-25-30(33(37)38)34(3,4)5/h29-30H,6-28H2,1-5H3. The number of unbranched alkanes of at least 4 members (excludes halogenated alkanes) is 15. The molecule has 8 heteroatoms. The SMILES string of the molecule is CCCCCCCCCCCCCCCCCC(=O)OC(COCCC(C(=O)[O-])[N+](C)(C)C)COC(=O)CCCC. The molecule has 0 fully saturated rings. The first kappa shape index (κ1) is 39.3. The zero-order chi connectivity index (χ0) is 30.8. The summed E-state index contributed by atoms with van der Waals surface area (Å²) >= 11 is 0. The number of carbonyl (C=O) groups excluding carboxylic acids is 3. The highest BCUT2D eigenvalue weighted by Gasteiger charge is 2.25. The molecule has 8 nitrogen and oxygen atoms in total. The van der Waals surface area contributed by atoms with Crippen molar-refractivity contribution in [3.05, 3.63) is 0 Å². The number of quaternary nitrogens is 1. The minimum atomic E-state index is -1.13. The van der Waals surface area contributed by atoms with Crippen molar-refractivity contribution in [2.75, 3.05) is 41.0 Å². The largest absolute Gasteiger partial charge is 0.544 e. The third kappa shape index (κ3) is 24.6. The summed E-state index contributed by atoms with van der Waals surface area (Å²) in [6.45, 7) is 4.41. The van der Waals surface area contributed by atoms with Gasteiger partial charge in [0, 0.05) is 19.3 Å². The van der Waals surface area contributed by atoms with E-state index in [0.29, 0.717) is 12.8 Å². The highest BCUT2D eigenvalue weighted by molar-refractivity contribution is 5.70. The van der Waals surface area contributed by atoms with E-state index >= 15 is 0 Å². The Bertz CT molecular complexity index is 662. The second-order valence-corrected chi connectivity index (χ2v) is 12.4. The fourth-order valence-corrected chi connectivity index (χ4v) is 4.81. The third-order valence-electron chi connectivity index (χ3n) is 7.49. The van der Waals surface area contributed by atoms with E-state index in [1.165, 1.54) is 77.0 Å². The molecule has 0 saturated carbocycles. The van der Waals surface area contributed by atoms with Gasteiger partial charge in [-0.3, -0.25) is 9.59 Å². The molecular weight excluding hydrogens is 522 g/mol. The maximum Gasteiger partial charge on any atom is 0.306 e. The summed E-state index contributed by atoms with van der Waals surface area (Å²) in [5.41, 5.74) is 0. The molecular formula is C33H63NO7. The van der Waals surface area contributed by atoms with Gasteiger partial charge in [-0.15, -0.1) is 0 Å². The van der Waals surface area contributed by atoms with E-state index in [2.05, 4.69) is 6.92 Å². The van der Waals surface area contributed by atoms with Gasteiger partial charge in [-0.25, -0.2) is 0 Å². The quantitative estimate of drug-likeness (QED) is 0.0592. The molecule has 2 atom stereocenters. The minimum absolute atomic E-state index is 0.0442. The van der Waals surface area contributed by atoms with Crippen LogP contribution in [0.15, 0.2) is 0 Å². The Hall–Kier alpha value is -1.67. The molecule has 0 spiro atoms. The fourth-order valence-electron chi connectivity index (χ4n) is 4.81. The number of hydrogen-bond donors (Lipinski definition) is 0. The third-order valence-corrected chi connectivity index (χ3v) is 7.49. The monoisotopic (exact) mass is 585 g/mol. The van der Waals surface area contributed by atoms with Crippen molar-refractivity contribution in [1.82, 2.24) is 0 Å². The molecule has 0 bridgehead atoms. The molecule has 242 valence electrons. The molecule has 0 rings (SSSR count). The number of carboxylic acid groups (broad SMARTS) is 1. The number of aliphatic carboxylic acids is 1. The molecule has 0 aliphatic carbocycles. The molecule has 0 aliphatic heterocycles. The van der Waals surface area contributed by atoms with Gasteiger partial charge < -0.3 is 28.6 Å². The van der Waals surface area contributed by atoms with E-state index in [-0.39, 0.29) is 42.7 Å². The Labute approximate surface area is 251 Å². The Kier molecular flexibility index (Phi) is 24.9. The van der Waals surface area contributed by atoms with Crippen LogP contribution in [0.25, 0.3) is 0 Å². The number of hydrogen-bond acceptors (Lipinski definition) is 7. The number of ether oxygens (including phenoxy) is 3. The topological polar surface area (TPSA) is 102 Å². The molecule has 0 aromatic heterocycles. The lowest BCUT2D eigenvalue weighted by Gasteiger charge is -2.34. The lowest BCUT2D eigenvalue weighted by atomic mass is 10.0. The molecule has 0 N–H and O–H groups in total. The summed E-state index contributed by atoms with van der Waals surface area (Å²) < 4.78 is 16.7. The average Bonchev–Trinajstić information content (AvgIpc) is 2.91. The zero-order valence-corrected chi connectivity index (χ0v) is 27.2. The molecule has 0 heterocycles. The summed E-state index contributed by atoms with van der Waals surface area (Å²) in [5.74, 6) is -1.77. The smallest absolute Gasteiger partial charge is 0.306 e. The molecule has 0 radical (unpaired) electrons. The molecule has 2 unspecified atom stereocenters. The Morgan fingerprint density at radius 2 is 1.10 bits per heavy atom. The van der Waals surface area contributed by atoms with Crippen LogP contribution in [0.4, 0.5) is 0 Å². The number of nitrogens with zero attached hydrogens (tertiary/aromatic N) is 1. The van der Waals surface area contributed by atoms with Crippen molar-refractivity contribution in [2.45, 2.75) is 154 Å². The van der Waals surface area contributed by atoms with Crippen molar-refractivity contribution in [3.63, 3.8) is 0 Å². The highest BCUT2D eigenvalue weighted by Crippen LogP contribution is 2.14. The van der Waals surface area contributed by atoms with Crippen LogP contribution in [0.5, 0.6) is 0 Å². The van der Waals surface area contributed by atoms with E-state index < -0.39 is 18.1 Å².